The van der Waals surface area contributed by atoms with Crippen molar-refractivity contribution in [2.45, 2.75) is 254 Å². The third kappa shape index (κ3) is 15.2. The normalized spacial score (nSPS) is 39.8. The van der Waals surface area contributed by atoms with Gasteiger partial charge < -0.3 is 29.7 Å². The van der Waals surface area contributed by atoms with E-state index >= 15 is 0 Å². The third-order valence-corrected chi connectivity index (χ3v) is 35.5. The van der Waals surface area contributed by atoms with E-state index in [1.807, 2.05) is 0 Å². The van der Waals surface area contributed by atoms with Crippen LogP contribution >= 0.6 is 34.1 Å². The summed E-state index contributed by atoms with van der Waals surface area (Å²) in [5.74, 6) is 18.1. The molecule has 79 heavy (non-hydrogen) atoms. The van der Waals surface area contributed by atoms with Gasteiger partial charge in [-0.05, 0) is 212 Å². The Labute approximate surface area is 531 Å². The number of hydrogen-bond donors (Lipinski definition) is 0. The molecule has 0 N–H and O–H groups in total. The van der Waals surface area contributed by atoms with Crippen molar-refractivity contribution in [1.82, 2.24) is 0 Å². The molecule has 11 aliphatic rings. The fourth-order valence-corrected chi connectivity index (χ4v) is 33.9. The Balaban J connectivity index is 0.000000253. The Kier molecular flexibility index (Phi) is 30.5. The van der Waals surface area contributed by atoms with E-state index in [0.29, 0.717) is 5.41 Å². The standard InChI is InChI=1S/C35H54Si.C32H54Si.4CH3.4ClH.2Zr/c1-5-23-36(3,4)33-24-32(28-19-11-12-20-29(28)33)35(2,25-15-7-6-8-16-25)34-30-21-13-9-17-26(30)27-18-10-14-22-31(27)34;1-3-4-21-33(2,32-29-19-11-9-15-25(29)26-16-10-12-20-30(26)32)22-31-27-17-7-5-13-23(27)24-14-6-8-18-28(24)31;;;;;;;;;;/h5-8,15-16,26-34H,1,9-14,17-24H2,2-4H3;3,23-32H,1,4-22H2,2H3;4*1H3;4*1H;;/q;;4*-1;;;;;2*+4/p-4. The zero-order valence-electron chi connectivity index (χ0n) is 52.3. The molecule has 0 nitrogen and oxygen atoms in total. The van der Waals surface area contributed by atoms with Crippen molar-refractivity contribution in [3.63, 3.8) is 0 Å². The Morgan fingerprint density at radius 2 is 0.823 bits per heavy atom. The summed E-state index contributed by atoms with van der Waals surface area (Å²) in [5, 5.41) is 0. The summed E-state index contributed by atoms with van der Waals surface area (Å²) >= 11 is -1.65. The summed E-state index contributed by atoms with van der Waals surface area (Å²) in [6.07, 6.45) is 50.9. The minimum atomic E-state index is -1.34. The molecule has 0 spiro atoms. The quantitative estimate of drug-likeness (QED) is 0.111. The van der Waals surface area contributed by atoms with Gasteiger partial charge in [0.25, 0.3) is 0 Å². The van der Waals surface area contributed by atoms with Crippen LogP contribution in [0.2, 0.25) is 48.9 Å². The Bertz CT molecular complexity index is 1850. The third-order valence-electron chi connectivity index (χ3n) is 26.2. The molecule has 0 heterocycles. The topological polar surface area (TPSA) is 0 Å². The van der Waals surface area contributed by atoms with Crippen molar-refractivity contribution in [3.05, 3.63) is 90.9 Å². The number of halogens is 4. The van der Waals surface area contributed by atoms with Gasteiger partial charge in [-0.25, -0.2) is 0 Å². The number of rotatable bonds is 12. The second kappa shape index (κ2) is 33.6. The Morgan fingerprint density at radius 3 is 1.23 bits per heavy atom. The van der Waals surface area contributed by atoms with Crippen LogP contribution in [0.25, 0.3) is 0 Å². The van der Waals surface area contributed by atoms with Gasteiger partial charge in [-0.3, -0.25) is 0 Å². The van der Waals surface area contributed by atoms with Crippen LogP contribution in [0.1, 0.15) is 205 Å². The fraction of sp³-hybridized carbons (Fsp3) is 0.803. The van der Waals surface area contributed by atoms with Gasteiger partial charge in [-0.15, -0.1) is 13.2 Å². The van der Waals surface area contributed by atoms with Gasteiger partial charge in [0.05, 0.1) is 16.1 Å². The predicted molar refractivity (Wildman–Crippen MR) is 352 cm³/mol. The molecule has 0 saturated heterocycles. The summed E-state index contributed by atoms with van der Waals surface area (Å²) < 4.78 is 0. The number of hydrogen-bond acceptors (Lipinski definition) is 0. The average molecular weight is 1350 g/mol. The first-order valence-electron chi connectivity index (χ1n) is 32.7. The van der Waals surface area contributed by atoms with E-state index in [4.69, 9.17) is 34.1 Å². The van der Waals surface area contributed by atoms with Gasteiger partial charge in [0.15, 0.2) is 0 Å². The van der Waals surface area contributed by atoms with Gasteiger partial charge in [0.1, 0.15) is 0 Å². The summed E-state index contributed by atoms with van der Waals surface area (Å²) in [7, 11) is 17.1. The van der Waals surface area contributed by atoms with Crippen molar-refractivity contribution in [2.24, 2.45) is 101 Å². The van der Waals surface area contributed by atoms with E-state index in [1.165, 1.54) is 88.6 Å². The maximum atomic E-state index is 4.93. The molecule has 8 heteroatoms. The first-order chi connectivity index (χ1) is 36.5. The molecule has 448 valence electrons. The second-order valence-electron chi connectivity index (χ2n) is 29.4. The fourth-order valence-electron chi connectivity index (χ4n) is 24.1. The number of fused-ring (bicyclic) bond motifs is 10. The molecule has 1 aromatic carbocycles. The molecular formula is C71H120Cl4Si2Zr2. The monoisotopic (exact) mass is 1350 g/mol. The predicted octanol–water partition coefficient (Wildman–Crippen LogP) is 24.7. The molecule has 18 atom stereocenters. The van der Waals surface area contributed by atoms with Crippen molar-refractivity contribution < 1.29 is 41.7 Å². The molecule has 0 bridgehead atoms. The average Bonchev–Trinajstić information content (AvgIpc) is 4.37. The molecule has 1 aromatic rings. The summed E-state index contributed by atoms with van der Waals surface area (Å²) in [6, 6.07) is 16.8. The summed E-state index contributed by atoms with van der Waals surface area (Å²) in [4.78, 5) is 0. The van der Waals surface area contributed by atoms with Crippen molar-refractivity contribution in [2.75, 3.05) is 0 Å². The zero-order valence-corrected chi connectivity index (χ0v) is 62.2. The van der Waals surface area contributed by atoms with Crippen molar-refractivity contribution >= 4 is 50.2 Å². The SMILES string of the molecule is C=CCC[Si](C)(CC1C2CCCCC2C2CCCCC21)C1C2CCCCC2C2CCCCC21.C=CC[Si](C)(C)C1CC(C(C)(c2ccccc2)C2C3CCCCC3C3CCCCC32)C2CCCCC21.[CH3-].[CH3-].[CH3-].[CH3-].[Cl][Zr+2][Cl].[Cl][Zr+2][Cl]. The number of allylic oxidation sites excluding steroid dienone is 2. The van der Waals surface area contributed by atoms with Gasteiger partial charge in [-0.2, -0.15) is 0 Å². The van der Waals surface area contributed by atoms with E-state index < -0.39 is 57.8 Å². The minimum absolute atomic E-state index is 0. The Morgan fingerprint density at radius 1 is 0.481 bits per heavy atom. The van der Waals surface area contributed by atoms with Crippen molar-refractivity contribution in [1.29, 1.82) is 0 Å². The molecule has 18 unspecified atom stereocenters. The number of benzene rings is 1. The second-order valence-corrected chi connectivity index (χ2v) is 46.9. The van der Waals surface area contributed by atoms with Crippen LogP contribution in [0.15, 0.2) is 55.6 Å². The zero-order chi connectivity index (χ0) is 52.7. The van der Waals surface area contributed by atoms with E-state index in [1.54, 1.807) is 133 Å². The molecule has 0 amide bonds. The van der Waals surface area contributed by atoms with Crippen LogP contribution in [0.3, 0.4) is 0 Å². The summed E-state index contributed by atoms with van der Waals surface area (Å²) in [5.41, 5.74) is 4.26. The molecule has 12 rings (SSSR count). The van der Waals surface area contributed by atoms with E-state index in [-0.39, 0.29) is 29.7 Å². The molecule has 11 fully saturated rings. The molecule has 11 saturated carbocycles. The molecule has 0 aromatic heterocycles. The van der Waals surface area contributed by atoms with E-state index in [2.05, 4.69) is 82.2 Å². The Hall–Kier alpha value is 2.06. The van der Waals surface area contributed by atoms with Crippen LogP contribution in [0.5, 0.6) is 0 Å². The van der Waals surface area contributed by atoms with Crippen LogP contribution in [0.4, 0.5) is 0 Å². The molecule has 11 aliphatic carbocycles. The van der Waals surface area contributed by atoms with Crippen molar-refractivity contribution in [3.8, 4) is 0 Å². The van der Waals surface area contributed by atoms with Gasteiger partial charge in [0.2, 0.25) is 0 Å². The van der Waals surface area contributed by atoms with Crippen LogP contribution in [0, 0.1) is 130 Å². The van der Waals surface area contributed by atoms with Crippen LogP contribution < -0.4 is 0 Å². The van der Waals surface area contributed by atoms with Crippen LogP contribution in [-0.2, 0) is 47.1 Å². The molecule has 0 aliphatic heterocycles. The first kappa shape index (κ1) is 71.8. The first-order valence-corrected chi connectivity index (χ1v) is 51.6. The summed E-state index contributed by atoms with van der Waals surface area (Å²) in [6.45, 7) is 19.7. The van der Waals surface area contributed by atoms with E-state index in [9.17, 15) is 0 Å². The van der Waals surface area contributed by atoms with Gasteiger partial charge >= 0.3 is 75.7 Å². The van der Waals surface area contributed by atoms with Crippen LogP contribution in [-0.4, -0.2) is 16.1 Å². The van der Waals surface area contributed by atoms with Gasteiger partial charge in [-0.1, -0.05) is 190 Å². The maximum absolute atomic E-state index is 4.93. The molecular weight excluding hydrogens is 1230 g/mol. The molecule has 0 radical (unpaired) electrons. The van der Waals surface area contributed by atoms with Gasteiger partial charge in [0, 0.05) is 0 Å². The van der Waals surface area contributed by atoms with E-state index in [0.717, 1.165) is 106 Å².